The van der Waals surface area contributed by atoms with Crippen molar-refractivity contribution < 1.29 is 0 Å². The molecule has 60 valence electrons. The van der Waals surface area contributed by atoms with Crippen LogP contribution >= 0.6 is 0 Å². The van der Waals surface area contributed by atoms with Crippen LogP contribution in [-0.2, 0) is 0 Å². The molecule has 11 heavy (non-hydrogen) atoms. The first-order chi connectivity index (χ1) is 5.42. The lowest BCUT2D eigenvalue weighted by molar-refractivity contribution is 0.616. The molecule has 0 amide bonds. The summed E-state index contributed by atoms with van der Waals surface area (Å²) in [4.78, 5) is 0. The van der Waals surface area contributed by atoms with E-state index in [1.807, 2.05) is 0 Å². The summed E-state index contributed by atoms with van der Waals surface area (Å²) in [6, 6.07) is 0. The largest absolute Gasteiger partial charge is 0.159 e. The monoisotopic (exact) mass is 150 g/mol. The van der Waals surface area contributed by atoms with E-state index in [9.17, 15) is 0 Å². The van der Waals surface area contributed by atoms with Gasteiger partial charge in [-0.1, -0.05) is 13.3 Å². The minimum absolute atomic E-state index is 0.647. The molecular formula is C9H14N2. The van der Waals surface area contributed by atoms with E-state index in [1.54, 1.807) is 0 Å². The Bertz CT molecular complexity index is 204. The Hall–Kier alpha value is -0.660. The van der Waals surface area contributed by atoms with Crippen LogP contribution in [0.25, 0.3) is 0 Å². The average Bonchev–Trinajstić information content (AvgIpc) is 2.47. The van der Waals surface area contributed by atoms with Crippen LogP contribution in [0.3, 0.4) is 0 Å². The molecule has 1 aliphatic heterocycles. The normalized spacial score (nSPS) is 29.4. The highest BCUT2D eigenvalue weighted by Crippen LogP contribution is 2.27. The lowest BCUT2D eigenvalue weighted by Gasteiger charge is -2.19. The van der Waals surface area contributed by atoms with Crippen molar-refractivity contribution >= 4 is 11.4 Å². The molecule has 0 bridgehead atoms. The fourth-order valence-electron chi connectivity index (χ4n) is 1.99. The topological polar surface area (TPSA) is 24.7 Å². The van der Waals surface area contributed by atoms with E-state index in [4.69, 9.17) is 0 Å². The van der Waals surface area contributed by atoms with Crippen LogP contribution < -0.4 is 0 Å². The zero-order valence-electron chi connectivity index (χ0n) is 7.01. The predicted octanol–water partition coefficient (Wildman–Crippen LogP) is 2.40. The van der Waals surface area contributed by atoms with Crippen LogP contribution in [0.1, 0.15) is 39.0 Å². The molecule has 2 heteroatoms. The van der Waals surface area contributed by atoms with Crippen LogP contribution in [0.15, 0.2) is 10.2 Å². The third-order valence-electron chi connectivity index (χ3n) is 2.65. The molecular weight excluding hydrogens is 136 g/mol. The summed E-state index contributed by atoms with van der Waals surface area (Å²) in [6.07, 6.45) is 6.26. The molecule has 0 aromatic carbocycles. The first-order valence-corrected chi connectivity index (χ1v) is 4.55. The van der Waals surface area contributed by atoms with Gasteiger partial charge in [0.15, 0.2) is 0 Å². The van der Waals surface area contributed by atoms with E-state index >= 15 is 0 Å². The lowest BCUT2D eigenvalue weighted by Crippen LogP contribution is -2.22. The van der Waals surface area contributed by atoms with Gasteiger partial charge in [0.25, 0.3) is 0 Å². The molecule has 1 atom stereocenters. The summed E-state index contributed by atoms with van der Waals surface area (Å²) in [5.74, 6) is 0.647. The van der Waals surface area contributed by atoms with Crippen molar-refractivity contribution in [2.75, 3.05) is 0 Å². The van der Waals surface area contributed by atoms with Crippen molar-refractivity contribution in [3.63, 3.8) is 0 Å². The van der Waals surface area contributed by atoms with Crippen LogP contribution in [0.4, 0.5) is 0 Å². The summed E-state index contributed by atoms with van der Waals surface area (Å²) < 4.78 is 0. The van der Waals surface area contributed by atoms with Crippen molar-refractivity contribution in [3.05, 3.63) is 0 Å². The van der Waals surface area contributed by atoms with Gasteiger partial charge < -0.3 is 0 Å². The summed E-state index contributed by atoms with van der Waals surface area (Å²) in [5.41, 5.74) is 2.67. The average molecular weight is 150 g/mol. The number of hydrogen-bond acceptors (Lipinski definition) is 2. The van der Waals surface area contributed by atoms with Crippen molar-refractivity contribution in [2.24, 2.45) is 16.1 Å². The van der Waals surface area contributed by atoms with Gasteiger partial charge in [-0.05, 0) is 25.7 Å². The minimum Gasteiger partial charge on any atom is -0.159 e. The van der Waals surface area contributed by atoms with Crippen LogP contribution in [0.2, 0.25) is 0 Å². The Morgan fingerprint density at radius 2 is 2.27 bits per heavy atom. The zero-order chi connectivity index (χ0) is 7.68. The van der Waals surface area contributed by atoms with Gasteiger partial charge >= 0.3 is 0 Å². The van der Waals surface area contributed by atoms with Gasteiger partial charge in [0.05, 0.1) is 0 Å². The van der Waals surface area contributed by atoms with Gasteiger partial charge in [-0.15, -0.1) is 0 Å². The molecule has 0 aromatic rings. The molecule has 0 spiro atoms. The Balaban J connectivity index is 2.13. The van der Waals surface area contributed by atoms with Crippen LogP contribution in [-0.4, -0.2) is 11.4 Å². The Labute approximate surface area is 67.4 Å². The lowest BCUT2D eigenvalue weighted by atomic mass is 9.84. The molecule has 0 aromatic heterocycles. The molecule has 1 heterocycles. The van der Waals surface area contributed by atoms with E-state index in [-0.39, 0.29) is 0 Å². The molecule has 1 fully saturated rings. The molecule has 0 N–H and O–H groups in total. The molecule has 2 aliphatic rings. The Kier molecular flexibility index (Phi) is 1.76. The van der Waals surface area contributed by atoms with Crippen molar-refractivity contribution in [1.82, 2.24) is 0 Å². The van der Waals surface area contributed by atoms with Gasteiger partial charge in [0, 0.05) is 17.3 Å². The molecule has 1 unspecified atom stereocenters. The maximum atomic E-state index is 4.21. The molecule has 1 aliphatic carbocycles. The fraction of sp³-hybridized carbons (Fsp3) is 0.778. The Morgan fingerprint density at radius 3 is 3.09 bits per heavy atom. The number of hydrogen-bond donors (Lipinski definition) is 0. The predicted molar refractivity (Wildman–Crippen MR) is 47.1 cm³/mol. The fourth-order valence-corrected chi connectivity index (χ4v) is 1.99. The number of rotatable bonds is 1. The van der Waals surface area contributed by atoms with Crippen LogP contribution in [0.5, 0.6) is 0 Å². The standard InChI is InChI=1S/C9H14N2/c1-2-8-7-5-3-4-6-9(7)11-10-8/h7H,2-6H2,1H3. The second kappa shape index (κ2) is 2.76. The Morgan fingerprint density at radius 1 is 1.36 bits per heavy atom. The highest BCUT2D eigenvalue weighted by atomic mass is 15.2. The summed E-state index contributed by atoms with van der Waals surface area (Å²) in [7, 11) is 0. The SMILES string of the molecule is CCC1=NN=C2CCCCC12. The van der Waals surface area contributed by atoms with E-state index < -0.39 is 0 Å². The molecule has 1 saturated carbocycles. The van der Waals surface area contributed by atoms with E-state index in [0.29, 0.717) is 5.92 Å². The highest BCUT2D eigenvalue weighted by Gasteiger charge is 2.27. The van der Waals surface area contributed by atoms with Crippen LogP contribution in [0, 0.1) is 5.92 Å². The van der Waals surface area contributed by atoms with Gasteiger partial charge in [-0.25, -0.2) is 0 Å². The maximum absolute atomic E-state index is 4.21. The number of fused-ring (bicyclic) bond motifs is 1. The molecule has 2 rings (SSSR count). The van der Waals surface area contributed by atoms with Crippen molar-refractivity contribution in [1.29, 1.82) is 0 Å². The summed E-state index contributed by atoms with van der Waals surface area (Å²) >= 11 is 0. The molecule has 0 radical (unpaired) electrons. The van der Waals surface area contributed by atoms with Gasteiger partial charge in [-0.3, -0.25) is 0 Å². The van der Waals surface area contributed by atoms with Gasteiger partial charge in [-0.2, -0.15) is 10.2 Å². The summed E-state index contributed by atoms with van der Waals surface area (Å²) in [5, 5.41) is 8.42. The van der Waals surface area contributed by atoms with E-state index in [2.05, 4.69) is 17.1 Å². The first-order valence-electron chi connectivity index (χ1n) is 4.55. The maximum Gasteiger partial charge on any atom is 0.0493 e. The van der Waals surface area contributed by atoms with Crippen molar-refractivity contribution in [3.8, 4) is 0 Å². The zero-order valence-corrected chi connectivity index (χ0v) is 7.01. The highest BCUT2D eigenvalue weighted by molar-refractivity contribution is 6.10. The summed E-state index contributed by atoms with van der Waals surface area (Å²) in [6.45, 7) is 2.17. The quantitative estimate of drug-likeness (QED) is 0.548. The molecule has 0 saturated heterocycles. The first kappa shape index (κ1) is 7.01. The van der Waals surface area contributed by atoms with Gasteiger partial charge in [0.2, 0.25) is 0 Å². The minimum atomic E-state index is 0.647. The van der Waals surface area contributed by atoms with Crippen molar-refractivity contribution in [2.45, 2.75) is 39.0 Å². The van der Waals surface area contributed by atoms with Gasteiger partial charge in [0.1, 0.15) is 0 Å². The molecule has 2 nitrogen and oxygen atoms in total. The smallest absolute Gasteiger partial charge is 0.0493 e. The number of nitrogens with zero attached hydrogens (tertiary/aromatic N) is 2. The third kappa shape index (κ3) is 1.10. The second-order valence-electron chi connectivity index (χ2n) is 3.33. The van der Waals surface area contributed by atoms with E-state index in [0.717, 1.165) is 6.42 Å². The second-order valence-corrected chi connectivity index (χ2v) is 3.33. The van der Waals surface area contributed by atoms with E-state index in [1.165, 1.54) is 37.1 Å². The third-order valence-corrected chi connectivity index (χ3v) is 2.65.